The van der Waals surface area contributed by atoms with Crippen molar-refractivity contribution in [3.8, 4) is 11.5 Å². The maximum atomic E-state index is 12.3. The quantitative estimate of drug-likeness (QED) is 0.427. The number of carbonyl (C=O) groups is 1. The van der Waals surface area contributed by atoms with Crippen molar-refractivity contribution >= 4 is 17.3 Å². The summed E-state index contributed by atoms with van der Waals surface area (Å²) in [5, 5.41) is 12.6. The highest BCUT2D eigenvalue weighted by Gasteiger charge is 2.31. The van der Waals surface area contributed by atoms with Crippen LogP contribution in [0.5, 0.6) is 11.5 Å². The van der Waals surface area contributed by atoms with Gasteiger partial charge in [0.15, 0.2) is 0 Å². The summed E-state index contributed by atoms with van der Waals surface area (Å²) in [5.41, 5.74) is 1.92. The summed E-state index contributed by atoms with van der Waals surface area (Å²) in [5.74, 6) is -0.844. The van der Waals surface area contributed by atoms with Crippen molar-refractivity contribution in [3.05, 3.63) is 63.9 Å². The van der Waals surface area contributed by atoms with Crippen molar-refractivity contribution in [2.75, 3.05) is 6.61 Å². The summed E-state index contributed by atoms with van der Waals surface area (Å²) >= 11 is 1.57. The largest absolute Gasteiger partial charge is 0.573 e. The monoisotopic (exact) mass is 468 g/mol. The van der Waals surface area contributed by atoms with Gasteiger partial charge in [0.1, 0.15) is 23.8 Å². The predicted molar refractivity (Wildman–Crippen MR) is 114 cm³/mol. The van der Waals surface area contributed by atoms with Crippen LogP contribution in [0.2, 0.25) is 0 Å². The van der Waals surface area contributed by atoms with E-state index in [0.29, 0.717) is 5.75 Å². The van der Waals surface area contributed by atoms with Gasteiger partial charge in [0.05, 0.1) is 11.6 Å². The number of benzene rings is 1. The van der Waals surface area contributed by atoms with E-state index in [4.69, 9.17) is 4.74 Å². The number of rotatable bonds is 9. The molecule has 2 heterocycles. The molecule has 0 amide bonds. The molecule has 1 aromatic carbocycles. The smallest absolute Gasteiger partial charge is 0.492 e. The first kappa shape index (κ1) is 23.6. The fourth-order valence-electron chi connectivity index (χ4n) is 3.53. The molecule has 0 bridgehead atoms. The topological polar surface area (TPSA) is 73.6 Å². The lowest BCUT2D eigenvalue weighted by Crippen LogP contribution is -2.17. The molecule has 172 valence electrons. The molecule has 0 aliphatic carbocycles. The second-order valence-corrected chi connectivity index (χ2v) is 8.27. The summed E-state index contributed by atoms with van der Waals surface area (Å²) in [4.78, 5) is 16.2. The number of hydrogen-bond donors (Lipinski definition) is 1. The van der Waals surface area contributed by atoms with Gasteiger partial charge in [0, 0.05) is 23.2 Å². The Morgan fingerprint density at radius 3 is 2.41 bits per heavy atom. The average Bonchev–Trinajstić information content (AvgIpc) is 3.36. The van der Waals surface area contributed by atoms with Crippen LogP contribution in [0, 0.1) is 6.92 Å². The summed E-state index contributed by atoms with van der Waals surface area (Å²) in [6.07, 6.45) is -3.00. The molecule has 2 atom stereocenters. The molecule has 0 saturated heterocycles. The minimum atomic E-state index is -4.76. The highest BCUT2D eigenvalue weighted by atomic mass is 32.1. The van der Waals surface area contributed by atoms with Crippen molar-refractivity contribution in [1.82, 2.24) is 9.55 Å². The normalized spacial score (nSPS) is 13.6. The van der Waals surface area contributed by atoms with Gasteiger partial charge >= 0.3 is 12.3 Å². The second kappa shape index (κ2) is 9.64. The molecule has 2 aromatic heterocycles. The van der Waals surface area contributed by atoms with E-state index in [1.165, 1.54) is 12.1 Å². The third-order valence-electron chi connectivity index (χ3n) is 5.35. The highest BCUT2D eigenvalue weighted by Crippen LogP contribution is 2.36. The number of thiazole rings is 1. The van der Waals surface area contributed by atoms with Crippen molar-refractivity contribution in [1.29, 1.82) is 0 Å². The third-order valence-corrected chi connectivity index (χ3v) is 6.32. The van der Waals surface area contributed by atoms with Crippen LogP contribution in [0.25, 0.3) is 0 Å². The van der Waals surface area contributed by atoms with Crippen molar-refractivity contribution in [3.63, 3.8) is 0 Å². The molecule has 0 saturated carbocycles. The fourth-order valence-corrected chi connectivity index (χ4v) is 4.33. The minimum Gasteiger partial charge on any atom is -0.492 e. The Kier molecular flexibility index (Phi) is 7.12. The number of ether oxygens (including phenoxy) is 2. The lowest BCUT2D eigenvalue weighted by molar-refractivity contribution is -0.274. The molecule has 0 fully saturated rings. The Labute approximate surface area is 187 Å². The maximum Gasteiger partial charge on any atom is 0.573 e. The molecule has 32 heavy (non-hydrogen) atoms. The van der Waals surface area contributed by atoms with Gasteiger partial charge in [-0.15, -0.1) is 24.5 Å². The van der Waals surface area contributed by atoms with E-state index in [1.807, 2.05) is 19.2 Å². The van der Waals surface area contributed by atoms with Gasteiger partial charge in [-0.25, -0.2) is 9.78 Å². The van der Waals surface area contributed by atoms with Crippen LogP contribution in [0.3, 0.4) is 0 Å². The Morgan fingerprint density at radius 1 is 1.19 bits per heavy atom. The van der Waals surface area contributed by atoms with E-state index in [9.17, 15) is 23.1 Å². The molecule has 10 heteroatoms. The SMILES string of the molecule is Cc1c(C(C)C(C)c2nccs2)cc(C(=O)O)n1CCOc1ccc(OC(F)(F)F)cc1. The molecular weight excluding hydrogens is 445 g/mol. The molecule has 6 nitrogen and oxygen atoms in total. The van der Waals surface area contributed by atoms with Gasteiger partial charge in [-0.1, -0.05) is 13.8 Å². The number of hydrogen-bond acceptors (Lipinski definition) is 5. The van der Waals surface area contributed by atoms with Crippen LogP contribution in [-0.2, 0) is 6.54 Å². The van der Waals surface area contributed by atoms with Crippen LogP contribution in [0.15, 0.2) is 41.9 Å². The zero-order valence-corrected chi connectivity index (χ0v) is 18.5. The molecular formula is C22H23F3N2O4S. The summed E-state index contributed by atoms with van der Waals surface area (Å²) in [7, 11) is 0. The van der Waals surface area contributed by atoms with E-state index in [1.54, 1.807) is 28.2 Å². The molecule has 0 aliphatic rings. The molecule has 0 aliphatic heterocycles. The molecule has 0 spiro atoms. The molecule has 3 rings (SSSR count). The number of aromatic nitrogens is 2. The Balaban J connectivity index is 1.70. The fraction of sp³-hybridized carbons (Fsp3) is 0.364. The van der Waals surface area contributed by atoms with E-state index in [2.05, 4.69) is 16.6 Å². The lowest BCUT2D eigenvalue weighted by atomic mass is 9.89. The minimum absolute atomic E-state index is 0.0580. The second-order valence-electron chi connectivity index (χ2n) is 7.34. The van der Waals surface area contributed by atoms with Crippen molar-refractivity contribution < 1.29 is 32.5 Å². The molecule has 3 aromatic rings. The molecule has 0 radical (unpaired) electrons. The summed E-state index contributed by atoms with van der Waals surface area (Å²) < 4.78 is 47.9. The number of halogens is 3. The standard InChI is InChI=1S/C22H23F3N2O4S/c1-13(14(2)20-26-8-11-32-20)18-12-19(21(28)29)27(15(18)3)9-10-30-16-4-6-17(7-5-16)31-22(23,24)25/h4-8,11-14H,9-10H2,1-3H3,(H,28,29). The first-order chi connectivity index (χ1) is 15.1. The molecule has 1 N–H and O–H groups in total. The predicted octanol–water partition coefficient (Wildman–Crippen LogP) is 5.84. The Morgan fingerprint density at radius 2 is 1.84 bits per heavy atom. The van der Waals surface area contributed by atoms with Crippen LogP contribution in [-0.4, -0.2) is 33.6 Å². The van der Waals surface area contributed by atoms with Crippen molar-refractivity contribution in [2.45, 2.75) is 45.5 Å². The van der Waals surface area contributed by atoms with Crippen LogP contribution >= 0.6 is 11.3 Å². The first-order valence-corrected chi connectivity index (χ1v) is 10.8. The average molecular weight is 468 g/mol. The van der Waals surface area contributed by atoms with Gasteiger partial charge in [0.2, 0.25) is 0 Å². The number of nitrogens with zero attached hydrogens (tertiary/aromatic N) is 2. The van der Waals surface area contributed by atoms with E-state index >= 15 is 0 Å². The van der Waals surface area contributed by atoms with E-state index in [0.717, 1.165) is 28.4 Å². The van der Waals surface area contributed by atoms with Gasteiger partial charge in [-0.05, 0) is 48.7 Å². The van der Waals surface area contributed by atoms with E-state index < -0.39 is 12.3 Å². The van der Waals surface area contributed by atoms with Crippen LogP contribution in [0.4, 0.5) is 13.2 Å². The number of alkyl halides is 3. The first-order valence-electron chi connectivity index (χ1n) is 9.88. The van der Waals surface area contributed by atoms with Gasteiger partial charge in [-0.3, -0.25) is 0 Å². The zero-order valence-electron chi connectivity index (χ0n) is 17.7. The highest BCUT2D eigenvalue weighted by molar-refractivity contribution is 7.09. The van der Waals surface area contributed by atoms with Gasteiger partial charge in [-0.2, -0.15) is 0 Å². The number of carboxylic acid groups (broad SMARTS) is 1. The summed E-state index contributed by atoms with van der Waals surface area (Å²) in [6.45, 7) is 6.40. The van der Waals surface area contributed by atoms with Crippen LogP contribution in [0.1, 0.15) is 52.4 Å². The number of aromatic carboxylic acids is 1. The third kappa shape index (κ3) is 5.61. The van der Waals surface area contributed by atoms with Gasteiger partial charge < -0.3 is 19.1 Å². The van der Waals surface area contributed by atoms with E-state index in [-0.39, 0.29) is 36.4 Å². The Bertz CT molecular complexity index is 1050. The molecule has 2 unspecified atom stereocenters. The summed E-state index contributed by atoms with van der Waals surface area (Å²) in [6, 6.07) is 6.74. The Hall–Kier alpha value is -3.01. The van der Waals surface area contributed by atoms with Gasteiger partial charge in [0.25, 0.3) is 0 Å². The zero-order chi connectivity index (χ0) is 23.5. The lowest BCUT2D eigenvalue weighted by Gasteiger charge is -2.19. The van der Waals surface area contributed by atoms with Crippen molar-refractivity contribution in [2.24, 2.45) is 0 Å². The number of carboxylic acids is 1. The maximum absolute atomic E-state index is 12.3. The van der Waals surface area contributed by atoms with Crippen LogP contribution < -0.4 is 9.47 Å².